The van der Waals surface area contributed by atoms with Crippen LogP contribution in [0.2, 0.25) is 0 Å². The third-order valence-electron chi connectivity index (χ3n) is 5.08. The summed E-state index contributed by atoms with van der Waals surface area (Å²) < 4.78 is 18.6. The summed E-state index contributed by atoms with van der Waals surface area (Å²) in [7, 11) is 0. The Kier molecular flexibility index (Phi) is 5.75. The van der Waals surface area contributed by atoms with Crippen molar-refractivity contribution in [3.63, 3.8) is 0 Å². The second kappa shape index (κ2) is 8.79. The van der Waals surface area contributed by atoms with E-state index in [1.165, 1.54) is 12.1 Å². The molecule has 3 aromatic carbocycles. The molecule has 2 amide bonds. The van der Waals surface area contributed by atoms with Crippen LogP contribution >= 0.6 is 0 Å². The average molecular weight is 417 g/mol. The largest absolute Gasteiger partial charge is 0.369 e. The maximum atomic E-state index is 13.1. The lowest BCUT2D eigenvalue weighted by Crippen LogP contribution is -2.37. The smallest absolute Gasteiger partial charge is 0.251 e. The maximum Gasteiger partial charge on any atom is 0.251 e. The molecule has 156 valence electrons. The van der Waals surface area contributed by atoms with E-state index in [2.05, 4.69) is 10.5 Å². The molecule has 0 radical (unpaired) electrons. The second-order valence-corrected chi connectivity index (χ2v) is 7.25. The molecule has 1 atom stereocenters. The summed E-state index contributed by atoms with van der Waals surface area (Å²) in [4.78, 5) is 24.6. The molecule has 0 aliphatic heterocycles. The van der Waals surface area contributed by atoms with Gasteiger partial charge in [-0.15, -0.1) is 0 Å². The number of hydrogen-bond donors (Lipinski definition) is 2. The predicted octanol–water partition coefficient (Wildman–Crippen LogP) is 3.71. The number of primary amides is 1. The number of benzene rings is 3. The molecule has 1 heterocycles. The molecule has 4 rings (SSSR count). The van der Waals surface area contributed by atoms with Crippen molar-refractivity contribution in [1.82, 2.24) is 10.5 Å². The minimum absolute atomic E-state index is 0.0682. The van der Waals surface area contributed by atoms with Crippen molar-refractivity contribution in [2.24, 2.45) is 11.7 Å². The predicted molar refractivity (Wildman–Crippen MR) is 115 cm³/mol. The Hall–Kier alpha value is -4.00. The Morgan fingerprint density at radius 2 is 1.77 bits per heavy atom. The Balaban J connectivity index is 1.49. The van der Waals surface area contributed by atoms with Gasteiger partial charge in [-0.25, -0.2) is 4.39 Å². The molecule has 0 fully saturated rings. The molecule has 3 N–H and O–H groups in total. The van der Waals surface area contributed by atoms with Crippen LogP contribution in [0.15, 0.2) is 77.3 Å². The van der Waals surface area contributed by atoms with Crippen molar-refractivity contribution in [1.29, 1.82) is 0 Å². The number of halogens is 1. The van der Waals surface area contributed by atoms with Gasteiger partial charge in [0.05, 0.1) is 11.3 Å². The fourth-order valence-corrected chi connectivity index (χ4v) is 3.38. The SMILES string of the molecule is NC(=O)C(CNC(=O)c1ccc2noc(-c3ccccc3)c2c1)Cc1ccc(F)cc1. The monoisotopic (exact) mass is 417 g/mol. The molecule has 1 aromatic heterocycles. The summed E-state index contributed by atoms with van der Waals surface area (Å²) in [6, 6.07) is 20.4. The lowest BCUT2D eigenvalue weighted by molar-refractivity contribution is -0.121. The zero-order valence-corrected chi connectivity index (χ0v) is 16.5. The molecule has 6 nitrogen and oxygen atoms in total. The summed E-state index contributed by atoms with van der Waals surface area (Å²) in [5, 5.41) is 7.53. The lowest BCUT2D eigenvalue weighted by atomic mass is 9.98. The van der Waals surface area contributed by atoms with Crippen molar-refractivity contribution < 1.29 is 18.5 Å². The maximum absolute atomic E-state index is 13.1. The van der Waals surface area contributed by atoms with E-state index >= 15 is 0 Å². The van der Waals surface area contributed by atoms with E-state index in [9.17, 15) is 14.0 Å². The molecule has 1 unspecified atom stereocenters. The van der Waals surface area contributed by atoms with Crippen LogP contribution in [0.1, 0.15) is 15.9 Å². The number of rotatable bonds is 7. The fraction of sp³-hybridized carbons (Fsp3) is 0.125. The van der Waals surface area contributed by atoms with Crippen LogP contribution in [-0.2, 0) is 11.2 Å². The topological polar surface area (TPSA) is 98.2 Å². The number of aromatic nitrogens is 1. The third kappa shape index (κ3) is 4.61. The number of amides is 2. The van der Waals surface area contributed by atoms with Crippen molar-refractivity contribution in [3.8, 4) is 11.3 Å². The number of carbonyl (C=O) groups excluding carboxylic acids is 2. The minimum atomic E-state index is -0.617. The van der Waals surface area contributed by atoms with Gasteiger partial charge in [0, 0.05) is 17.7 Å². The molecule has 0 spiro atoms. The normalized spacial score (nSPS) is 11.9. The van der Waals surface area contributed by atoms with E-state index in [1.807, 2.05) is 30.3 Å². The third-order valence-corrected chi connectivity index (χ3v) is 5.08. The van der Waals surface area contributed by atoms with Crippen LogP contribution in [0.5, 0.6) is 0 Å². The first-order chi connectivity index (χ1) is 15.0. The lowest BCUT2D eigenvalue weighted by Gasteiger charge is -2.14. The van der Waals surface area contributed by atoms with E-state index in [0.29, 0.717) is 23.3 Å². The first-order valence-corrected chi connectivity index (χ1v) is 9.78. The first kappa shape index (κ1) is 20.3. The van der Waals surface area contributed by atoms with Gasteiger partial charge in [-0.1, -0.05) is 47.6 Å². The molecular formula is C24H20FN3O3. The van der Waals surface area contributed by atoms with Crippen LogP contribution in [0.4, 0.5) is 4.39 Å². The quantitative estimate of drug-likeness (QED) is 0.479. The van der Waals surface area contributed by atoms with Gasteiger partial charge in [-0.3, -0.25) is 9.59 Å². The van der Waals surface area contributed by atoms with Crippen LogP contribution in [0.3, 0.4) is 0 Å². The number of nitrogens with one attached hydrogen (secondary N) is 1. The van der Waals surface area contributed by atoms with Crippen molar-refractivity contribution >= 4 is 22.7 Å². The molecule has 0 bridgehead atoms. The van der Waals surface area contributed by atoms with E-state index in [1.54, 1.807) is 30.3 Å². The number of hydrogen-bond acceptors (Lipinski definition) is 4. The summed E-state index contributed by atoms with van der Waals surface area (Å²) in [6.45, 7) is 0.0682. The zero-order chi connectivity index (χ0) is 21.8. The Morgan fingerprint density at radius 3 is 2.48 bits per heavy atom. The average Bonchev–Trinajstić information content (AvgIpc) is 3.21. The summed E-state index contributed by atoms with van der Waals surface area (Å²) in [6.07, 6.45) is 0.304. The molecular weight excluding hydrogens is 397 g/mol. The van der Waals surface area contributed by atoms with Gasteiger partial charge in [-0.2, -0.15) is 0 Å². The van der Waals surface area contributed by atoms with Gasteiger partial charge in [0.15, 0.2) is 5.76 Å². The van der Waals surface area contributed by atoms with Gasteiger partial charge < -0.3 is 15.6 Å². The van der Waals surface area contributed by atoms with Crippen LogP contribution in [0, 0.1) is 11.7 Å². The number of nitrogens with two attached hydrogens (primary N) is 1. The highest BCUT2D eigenvalue weighted by Crippen LogP contribution is 2.29. The Bertz CT molecular complexity index is 1220. The van der Waals surface area contributed by atoms with Crippen molar-refractivity contribution in [2.45, 2.75) is 6.42 Å². The molecule has 0 aliphatic rings. The standard InChI is InChI=1S/C24H20FN3O3/c25-19-9-6-15(7-10-19)12-18(23(26)29)14-27-24(30)17-8-11-21-20(13-17)22(31-28-21)16-4-2-1-3-5-16/h1-11,13,18H,12,14H2,(H2,26,29)(H,27,30). The van der Waals surface area contributed by atoms with E-state index in [0.717, 1.165) is 16.5 Å². The summed E-state index contributed by atoms with van der Waals surface area (Å²) >= 11 is 0. The van der Waals surface area contributed by atoms with E-state index in [-0.39, 0.29) is 18.3 Å². The Labute approximate surface area is 177 Å². The molecule has 7 heteroatoms. The van der Waals surface area contributed by atoms with E-state index in [4.69, 9.17) is 10.3 Å². The fourth-order valence-electron chi connectivity index (χ4n) is 3.38. The molecule has 0 aliphatic carbocycles. The van der Waals surface area contributed by atoms with Crippen LogP contribution < -0.4 is 11.1 Å². The highest BCUT2D eigenvalue weighted by atomic mass is 19.1. The van der Waals surface area contributed by atoms with Crippen molar-refractivity contribution in [3.05, 3.63) is 89.7 Å². The van der Waals surface area contributed by atoms with Gasteiger partial charge in [-0.05, 0) is 42.3 Å². The highest BCUT2D eigenvalue weighted by Gasteiger charge is 2.19. The second-order valence-electron chi connectivity index (χ2n) is 7.25. The molecule has 31 heavy (non-hydrogen) atoms. The minimum Gasteiger partial charge on any atom is -0.369 e. The molecule has 0 saturated carbocycles. The van der Waals surface area contributed by atoms with Gasteiger partial charge in [0.25, 0.3) is 5.91 Å². The summed E-state index contributed by atoms with van der Waals surface area (Å²) in [5.41, 5.74) is 8.17. The molecule has 4 aromatic rings. The number of carbonyl (C=O) groups is 2. The van der Waals surface area contributed by atoms with E-state index < -0.39 is 11.8 Å². The number of nitrogens with zero attached hydrogens (tertiary/aromatic N) is 1. The summed E-state index contributed by atoms with van der Waals surface area (Å²) in [5.74, 6) is -1.27. The van der Waals surface area contributed by atoms with Crippen LogP contribution in [-0.4, -0.2) is 23.5 Å². The van der Waals surface area contributed by atoms with Gasteiger partial charge >= 0.3 is 0 Å². The highest BCUT2D eigenvalue weighted by molar-refractivity contribution is 6.01. The van der Waals surface area contributed by atoms with Gasteiger partial charge in [0.1, 0.15) is 11.3 Å². The van der Waals surface area contributed by atoms with Gasteiger partial charge in [0.2, 0.25) is 5.91 Å². The Morgan fingerprint density at radius 1 is 1.03 bits per heavy atom. The molecule has 0 saturated heterocycles. The van der Waals surface area contributed by atoms with Crippen LogP contribution in [0.25, 0.3) is 22.2 Å². The van der Waals surface area contributed by atoms with Crippen molar-refractivity contribution in [2.75, 3.05) is 6.54 Å². The first-order valence-electron chi connectivity index (χ1n) is 9.78. The zero-order valence-electron chi connectivity index (χ0n) is 16.5. The number of fused-ring (bicyclic) bond motifs is 1.